The molecule has 0 fully saturated rings. The van der Waals surface area contributed by atoms with Crippen molar-refractivity contribution in [3.05, 3.63) is 43.4 Å². The van der Waals surface area contributed by atoms with Crippen molar-refractivity contribution in [2.45, 2.75) is 9.79 Å². The number of hydrogen-bond donors (Lipinski definition) is 0. The summed E-state index contributed by atoms with van der Waals surface area (Å²) in [6, 6.07) is 2.79. The largest absolute Gasteiger partial charge is 0.465 e. The molecule has 0 aliphatic carbocycles. The topological polar surface area (TPSA) is 61.8 Å². The first-order valence-corrected chi connectivity index (χ1v) is 9.19. The summed E-state index contributed by atoms with van der Waals surface area (Å²) >= 11 is 26.1. The van der Waals surface area contributed by atoms with Crippen molar-refractivity contribution in [2.75, 3.05) is 14.2 Å². The number of methoxy groups -OCH3 is 2. The Balaban J connectivity index is 2.20. The zero-order valence-electron chi connectivity index (χ0n) is 13.1. The van der Waals surface area contributed by atoms with E-state index in [0.717, 1.165) is 11.8 Å². The quantitative estimate of drug-likeness (QED) is 0.435. The second kappa shape index (κ2) is 7.37. The van der Waals surface area contributed by atoms with Crippen molar-refractivity contribution in [3.63, 3.8) is 0 Å². The van der Waals surface area contributed by atoms with Crippen LogP contribution in [-0.4, -0.2) is 26.2 Å². The van der Waals surface area contributed by atoms with Crippen LogP contribution in [0.5, 0.6) is 11.5 Å². The van der Waals surface area contributed by atoms with Gasteiger partial charge in [-0.3, -0.25) is 0 Å². The van der Waals surface area contributed by atoms with Crippen molar-refractivity contribution >= 4 is 70.1 Å². The Labute approximate surface area is 172 Å². The van der Waals surface area contributed by atoms with Gasteiger partial charge in [0.2, 0.25) is 0 Å². The molecule has 2 aromatic rings. The normalized spacial score (nSPS) is 11.9. The number of hydrogen-bond acceptors (Lipinski definition) is 6. The lowest BCUT2D eigenvalue weighted by Gasteiger charge is -2.24. The highest BCUT2D eigenvalue weighted by atomic mass is 35.5. The van der Waals surface area contributed by atoms with Crippen LogP contribution in [0, 0.1) is 0 Å². The molecule has 0 amide bonds. The summed E-state index contributed by atoms with van der Waals surface area (Å²) in [5.74, 6) is -0.793. The number of ether oxygens (including phenoxy) is 3. The predicted octanol–water partition coefficient (Wildman–Crippen LogP) is 6.13. The van der Waals surface area contributed by atoms with Crippen LogP contribution in [-0.2, 0) is 9.47 Å². The molecule has 0 saturated carbocycles. The maximum atomic E-state index is 11.9. The molecular formula is C16H8Cl4O5S. The monoisotopic (exact) mass is 452 g/mol. The van der Waals surface area contributed by atoms with E-state index < -0.39 is 11.9 Å². The molecule has 136 valence electrons. The SMILES string of the molecule is COC(=O)c1cc(Cl)c2c(c1Cl)Sc1c(cc(Cl)c(C(=O)OC)c1Cl)O2. The van der Waals surface area contributed by atoms with Crippen LogP contribution < -0.4 is 4.74 Å². The molecule has 0 bridgehead atoms. The summed E-state index contributed by atoms with van der Waals surface area (Å²) < 4.78 is 15.2. The fourth-order valence-electron chi connectivity index (χ4n) is 2.28. The lowest BCUT2D eigenvalue weighted by Crippen LogP contribution is -2.08. The predicted molar refractivity (Wildman–Crippen MR) is 99.8 cm³/mol. The molecule has 0 atom stereocenters. The van der Waals surface area contributed by atoms with E-state index in [1.807, 2.05) is 0 Å². The standard InChI is InChI=1S/C16H8Cl4O5S/c1-23-15(21)5-3-7(18)12-14(10(5)19)26-13-8(25-12)4-6(17)9(11(13)20)16(22)24-2/h3-4H,1-2H3. The minimum Gasteiger partial charge on any atom is -0.465 e. The number of esters is 2. The van der Waals surface area contributed by atoms with Crippen LogP contribution in [0.3, 0.4) is 0 Å². The van der Waals surface area contributed by atoms with Gasteiger partial charge in [-0.25, -0.2) is 9.59 Å². The maximum absolute atomic E-state index is 11.9. The van der Waals surface area contributed by atoms with Crippen LogP contribution in [0.2, 0.25) is 20.1 Å². The molecule has 2 aromatic carbocycles. The molecular weight excluding hydrogens is 446 g/mol. The highest BCUT2D eigenvalue weighted by molar-refractivity contribution is 7.99. The van der Waals surface area contributed by atoms with Gasteiger partial charge in [-0.05, 0) is 6.07 Å². The zero-order valence-corrected chi connectivity index (χ0v) is 17.0. The van der Waals surface area contributed by atoms with Gasteiger partial charge >= 0.3 is 11.9 Å². The van der Waals surface area contributed by atoms with Gasteiger partial charge in [0.1, 0.15) is 5.75 Å². The molecule has 1 heterocycles. The van der Waals surface area contributed by atoms with Crippen LogP contribution in [0.1, 0.15) is 20.7 Å². The lowest BCUT2D eigenvalue weighted by atomic mass is 10.2. The van der Waals surface area contributed by atoms with Gasteiger partial charge in [0.25, 0.3) is 0 Å². The van der Waals surface area contributed by atoms with E-state index >= 15 is 0 Å². The fourth-order valence-corrected chi connectivity index (χ4v) is 4.66. The van der Waals surface area contributed by atoms with Crippen LogP contribution in [0.4, 0.5) is 0 Å². The summed E-state index contributed by atoms with van der Waals surface area (Å²) in [5, 5.41) is 0.369. The third kappa shape index (κ3) is 3.10. The van der Waals surface area contributed by atoms with Gasteiger partial charge in [0.05, 0.1) is 55.2 Å². The molecule has 0 aromatic heterocycles. The molecule has 10 heteroatoms. The highest BCUT2D eigenvalue weighted by Gasteiger charge is 2.32. The zero-order chi connectivity index (χ0) is 19.2. The third-order valence-electron chi connectivity index (χ3n) is 3.48. The van der Waals surface area contributed by atoms with Gasteiger partial charge in [0.15, 0.2) is 5.75 Å². The third-order valence-corrected chi connectivity index (χ3v) is 6.26. The van der Waals surface area contributed by atoms with Gasteiger partial charge in [0, 0.05) is 6.07 Å². The van der Waals surface area contributed by atoms with E-state index in [1.54, 1.807) is 0 Å². The second-order valence-corrected chi connectivity index (χ2v) is 7.53. The molecule has 3 rings (SSSR count). The van der Waals surface area contributed by atoms with Crippen LogP contribution >= 0.6 is 58.2 Å². The number of benzene rings is 2. The molecule has 0 unspecified atom stereocenters. The first-order valence-electron chi connectivity index (χ1n) is 6.86. The summed E-state index contributed by atoms with van der Waals surface area (Å²) in [7, 11) is 2.44. The van der Waals surface area contributed by atoms with Crippen LogP contribution in [0.15, 0.2) is 21.9 Å². The smallest absolute Gasteiger partial charge is 0.340 e. The Morgan fingerprint density at radius 3 is 2.19 bits per heavy atom. The summed E-state index contributed by atoms with van der Waals surface area (Å²) in [6.45, 7) is 0. The summed E-state index contributed by atoms with van der Waals surface area (Å²) in [6.07, 6.45) is 0. The lowest BCUT2D eigenvalue weighted by molar-refractivity contribution is 0.0592. The molecule has 0 spiro atoms. The molecule has 0 saturated heterocycles. The van der Waals surface area contributed by atoms with E-state index in [4.69, 9.17) is 60.6 Å². The Morgan fingerprint density at radius 2 is 1.58 bits per heavy atom. The molecule has 26 heavy (non-hydrogen) atoms. The van der Waals surface area contributed by atoms with Gasteiger partial charge in [-0.15, -0.1) is 0 Å². The van der Waals surface area contributed by atoms with Crippen LogP contribution in [0.25, 0.3) is 0 Å². The highest BCUT2D eigenvalue weighted by Crippen LogP contribution is 2.56. The number of rotatable bonds is 2. The van der Waals surface area contributed by atoms with Gasteiger partial charge in [-0.1, -0.05) is 58.2 Å². The molecule has 1 aliphatic rings. The Bertz CT molecular complexity index is 961. The number of carbonyl (C=O) groups is 2. The Hall–Kier alpha value is -1.31. The van der Waals surface area contributed by atoms with Crippen molar-refractivity contribution in [1.82, 2.24) is 0 Å². The summed E-state index contributed by atoms with van der Waals surface area (Å²) in [4.78, 5) is 24.6. The van der Waals surface area contributed by atoms with Gasteiger partial charge < -0.3 is 14.2 Å². The average Bonchev–Trinajstić information content (AvgIpc) is 2.62. The van der Waals surface area contributed by atoms with E-state index in [9.17, 15) is 9.59 Å². The van der Waals surface area contributed by atoms with E-state index in [2.05, 4.69) is 0 Å². The first kappa shape index (κ1) is 19.5. The molecule has 5 nitrogen and oxygen atoms in total. The Morgan fingerprint density at radius 1 is 0.923 bits per heavy atom. The average molecular weight is 454 g/mol. The maximum Gasteiger partial charge on any atom is 0.340 e. The second-order valence-electron chi connectivity index (χ2n) is 4.94. The van der Waals surface area contributed by atoms with Crippen molar-refractivity contribution in [3.8, 4) is 11.5 Å². The van der Waals surface area contributed by atoms with Crippen molar-refractivity contribution < 1.29 is 23.8 Å². The van der Waals surface area contributed by atoms with Crippen molar-refractivity contribution in [2.24, 2.45) is 0 Å². The van der Waals surface area contributed by atoms with Crippen molar-refractivity contribution in [1.29, 1.82) is 0 Å². The fraction of sp³-hybridized carbons (Fsp3) is 0.125. The Kier molecular flexibility index (Phi) is 5.51. The number of fused-ring (bicyclic) bond motifs is 2. The van der Waals surface area contributed by atoms with E-state index in [1.165, 1.54) is 26.4 Å². The first-order chi connectivity index (χ1) is 12.3. The molecule has 0 N–H and O–H groups in total. The number of halogens is 4. The van der Waals surface area contributed by atoms with E-state index in [-0.39, 0.29) is 37.0 Å². The minimum absolute atomic E-state index is 0.000440. The van der Waals surface area contributed by atoms with Gasteiger partial charge in [-0.2, -0.15) is 0 Å². The minimum atomic E-state index is -0.693. The van der Waals surface area contributed by atoms with E-state index in [0.29, 0.717) is 15.5 Å². The number of carbonyl (C=O) groups excluding carboxylic acids is 2. The summed E-state index contributed by atoms with van der Waals surface area (Å²) in [5.41, 5.74) is 0.0798. The molecule has 1 aliphatic heterocycles. The molecule has 0 radical (unpaired) electrons.